The fourth-order valence-electron chi connectivity index (χ4n) is 1.62. The molecule has 0 saturated heterocycles. The molecular weight excluding hydrogens is 333 g/mol. The van der Waals surface area contributed by atoms with E-state index >= 15 is 0 Å². The van der Waals surface area contributed by atoms with Crippen LogP contribution in [0.15, 0.2) is 40.9 Å². The second kappa shape index (κ2) is 5.90. The minimum atomic E-state index is -0.470. The third-order valence-electron chi connectivity index (χ3n) is 2.59. The summed E-state index contributed by atoms with van der Waals surface area (Å²) < 4.78 is 19.5. The SMILES string of the molecule is C[C@H](N)c1ccc(Oc2ccc(F)c(Cl)c2)cc1Br. The molecule has 1 atom stereocenters. The van der Waals surface area contributed by atoms with Crippen LogP contribution in [-0.4, -0.2) is 0 Å². The van der Waals surface area contributed by atoms with Crippen LogP contribution in [0.4, 0.5) is 4.39 Å². The highest BCUT2D eigenvalue weighted by molar-refractivity contribution is 9.10. The van der Waals surface area contributed by atoms with Crippen molar-refractivity contribution in [3.63, 3.8) is 0 Å². The smallest absolute Gasteiger partial charge is 0.142 e. The van der Waals surface area contributed by atoms with E-state index in [1.165, 1.54) is 18.2 Å². The standard InChI is InChI=1S/C14H12BrClFNO/c1-8(18)11-4-2-9(6-12(11)15)19-10-3-5-14(17)13(16)7-10/h2-8H,18H2,1H3/t8-/m0/s1. The maximum Gasteiger partial charge on any atom is 0.142 e. The maximum absolute atomic E-state index is 13.0. The molecule has 0 aromatic heterocycles. The first-order valence-corrected chi connectivity index (χ1v) is 6.82. The molecule has 5 heteroatoms. The van der Waals surface area contributed by atoms with Gasteiger partial charge in [0.25, 0.3) is 0 Å². The van der Waals surface area contributed by atoms with E-state index in [-0.39, 0.29) is 11.1 Å². The van der Waals surface area contributed by atoms with Gasteiger partial charge < -0.3 is 10.5 Å². The summed E-state index contributed by atoms with van der Waals surface area (Å²) in [6.45, 7) is 1.90. The highest BCUT2D eigenvalue weighted by Crippen LogP contribution is 2.30. The Bertz CT molecular complexity index is 604. The summed E-state index contributed by atoms with van der Waals surface area (Å²) >= 11 is 9.14. The average molecular weight is 345 g/mol. The molecular formula is C14H12BrClFNO. The topological polar surface area (TPSA) is 35.2 Å². The van der Waals surface area contributed by atoms with Crippen molar-refractivity contribution in [2.24, 2.45) is 5.73 Å². The van der Waals surface area contributed by atoms with Crippen molar-refractivity contribution in [3.05, 3.63) is 57.3 Å². The molecule has 2 aromatic carbocycles. The molecule has 0 bridgehead atoms. The second-order valence-electron chi connectivity index (χ2n) is 4.15. The van der Waals surface area contributed by atoms with Gasteiger partial charge in [0, 0.05) is 16.6 Å². The molecule has 2 nitrogen and oxygen atoms in total. The van der Waals surface area contributed by atoms with Crippen molar-refractivity contribution in [1.82, 2.24) is 0 Å². The number of hydrogen-bond donors (Lipinski definition) is 1. The Morgan fingerprint density at radius 2 is 1.84 bits per heavy atom. The van der Waals surface area contributed by atoms with E-state index in [1.54, 1.807) is 6.07 Å². The van der Waals surface area contributed by atoms with Crippen LogP contribution in [0.2, 0.25) is 5.02 Å². The van der Waals surface area contributed by atoms with Crippen LogP contribution in [0, 0.1) is 5.82 Å². The van der Waals surface area contributed by atoms with Gasteiger partial charge in [-0.05, 0) is 36.8 Å². The fourth-order valence-corrected chi connectivity index (χ4v) is 2.51. The van der Waals surface area contributed by atoms with Crippen LogP contribution in [-0.2, 0) is 0 Å². The second-order valence-corrected chi connectivity index (χ2v) is 5.41. The number of benzene rings is 2. The lowest BCUT2D eigenvalue weighted by Gasteiger charge is -2.11. The molecule has 0 radical (unpaired) electrons. The number of rotatable bonds is 3. The average Bonchev–Trinajstić information content (AvgIpc) is 2.33. The minimum Gasteiger partial charge on any atom is -0.457 e. The maximum atomic E-state index is 13.0. The molecule has 2 aromatic rings. The van der Waals surface area contributed by atoms with Crippen LogP contribution in [0.5, 0.6) is 11.5 Å². The van der Waals surface area contributed by atoms with Crippen molar-refractivity contribution in [2.75, 3.05) is 0 Å². The predicted octanol–water partition coefficient (Wildman–Crippen LogP) is 5.05. The molecule has 0 amide bonds. The highest BCUT2D eigenvalue weighted by Gasteiger charge is 2.08. The first kappa shape index (κ1) is 14.3. The van der Waals surface area contributed by atoms with Gasteiger partial charge in [-0.1, -0.05) is 33.6 Å². The van der Waals surface area contributed by atoms with Crippen LogP contribution in [0.25, 0.3) is 0 Å². The number of halogens is 3. The molecule has 0 aliphatic rings. The quantitative estimate of drug-likeness (QED) is 0.845. The van der Waals surface area contributed by atoms with Crippen LogP contribution in [0.3, 0.4) is 0 Å². The highest BCUT2D eigenvalue weighted by atomic mass is 79.9. The molecule has 0 fully saturated rings. The summed E-state index contributed by atoms with van der Waals surface area (Å²) in [7, 11) is 0. The van der Waals surface area contributed by atoms with Crippen molar-refractivity contribution in [3.8, 4) is 11.5 Å². The predicted molar refractivity (Wildman–Crippen MR) is 78.2 cm³/mol. The van der Waals surface area contributed by atoms with Gasteiger partial charge in [0.05, 0.1) is 5.02 Å². The minimum absolute atomic E-state index is 0.0313. The summed E-state index contributed by atoms with van der Waals surface area (Å²) in [6.07, 6.45) is 0. The molecule has 0 unspecified atom stereocenters. The van der Waals surface area contributed by atoms with Gasteiger partial charge in [-0.3, -0.25) is 0 Å². The van der Waals surface area contributed by atoms with Gasteiger partial charge in [-0.2, -0.15) is 0 Å². The summed E-state index contributed by atoms with van der Waals surface area (Å²) in [5.41, 5.74) is 6.81. The normalized spacial score (nSPS) is 12.3. The molecule has 0 saturated carbocycles. The fraction of sp³-hybridized carbons (Fsp3) is 0.143. The van der Waals surface area contributed by atoms with E-state index in [0.29, 0.717) is 11.5 Å². The zero-order chi connectivity index (χ0) is 14.0. The van der Waals surface area contributed by atoms with E-state index in [1.807, 2.05) is 19.1 Å². The molecule has 2 N–H and O–H groups in total. The summed E-state index contributed by atoms with van der Waals surface area (Å²) in [4.78, 5) is 0. The molecule has 0 aliphatic carbocycles. The van der Waals surface area contributed by atoms with Crippen molar-refractivity contribution in [1.29, 1.82) is 0 Å². The van der Waals surface area contributed by atoms with E-state index in [2.05, 4.69) is 15.9 Å². The van der Waals surface area contributed by atoms with Crippen molar-refractivity contribution < 1.29 is 9.13 Å². The Kier molecular flexibility index (Phi) is 4.45. The van der Waals surface area contributed by atoms with E-state index < -0.39 is 5.82 Å². The lowest BCUT2D eigenvalue weighted by molar-refractivity contribution is 0.480. The van der Waals surface area contributed by atoms with E-state index in [0.717, 1.165) is 10.0 Å². The summed E-state index contributed by atoms with van der Waals surface area (Å²) in [6, 6.07) is 9.66. The largest absolute Gasteiger partial charge is 0.457 e. The Labute approximate surface area is 124 Å². The molecule has 2 rings (SSSR count). The Hall–Kier alpha value is -1.10. The Balaban J connectivity index is 2.24. The van der Waals surface area contributed by atoms with Crippen molar-refractivity contribution in [2.45, 2.75) is 13.0 Å². The first-order chi connectivity index (χ1) is 8.97. The number of hydrogen-bond acceptors (Lipinski definition) is 2. The molecule has 19 heavy (non-hydrogen) atoms. The summed E-state index contributed by atoms with van der Waals surface area (Å²) in [5.74, 6) is 0.633. The Morgan fingerprint density at radius 3 is 2.42 bits per heavy atom. The lowest BCUT2D eigenvalue weighted by Crippen LogP contribution is -2.05. The van der Waals surface area contributed by atoms with Gasteiger partial charge in [-0.15, -0.1) is 0 Å². The van der Waals surface area contributed by atoms with Gasteiger partial charge in [-0.25, -0.2) is 4.39 Å². The Morgan fingerprint density at radius 1 is 1.21 bits per heavy atom. The van der Waals surface area contributed by atoms with Gasteiger partial charge in [0.1, 0.15) is 17.3 Å². The first-order valence-electron chi connectivity index (χ1n) is 5.65. The summed E-state index contributed by atoms with van der Waals surface area (Å²) in [5, 5.41) is 0.0313. The zero-order valence-electron chi connectivity index (χ0n) is 10.2. The van der Waals surface area contributed by atoms with Gasteiger partial charge >= 0.3 is 0 Å². The third-order valence-corrected chi connectivity index (χ3v) is 3.57. The molecule has 0 aliphatic heterocycles. The number of nitrogens with two attached hydrogens (primary N) is 1. The lowest BCUT2D eigenvalue weighted by atomic mass is 10.1. The molecule has 0 heterocycles. The van der Waals surface area contributed by atoms with Gasteiger partial charge in [0.15, 0.2) is 0 Å². The molecule has 0 spiro atoms. The van der Waals surface area contributed by atoms with E-state index in [4.69, 9.17) is 22.1 Å². The van der Waals surface area contributed by atoms with Gasteiger partial charge in [0.2, 0.25) is 0 Å². The zero-order valence-corrected chi connectivity index (χ0v) is 12.5. The number of ether oxygens (including phenoxy) is 1. The molecule has 100 valence electrons. The van der Waals surface area contributed by atoms with Crippen molar-refractivity contribution >= 4 is 27.5 Å². The van der Waals surface area contributed by atoms with Crippen LogP contribution < -0.4 is 10.5 Å². The third kappa shape index (κ3) is 3.47. The van der Waals surface area contributed by atoms with Crippen LogP contribution >= 0.6 is 27.5 Å². The monoisotopic (exact) mass is 343 g/mol. The van der Waals surface area contributed by atoms with Crippen LogP contribution in [0.1, 0.15) is 18.5 Å². The van der Waals surface area contributed by atoms with E-state index in [9.17, 15) is 4.39 Å².